The Morgan fingerprint density at radius 3 is 2.88 bits per heavy atom. The Labute approximate surface area is 149 Å². The van der Waals surface area contributed by atoms with Crippen molar-refractivity contribution in [2.24, 2.45) is 0 Å². The van der Waals surface area contributed by atoms with E-state index in [-0.39, 0.29) is 11.7 Å². The highest BCUT2D eigenvalue weighted by molar-refractivity contribution is 7.99. The molecule has 0 saturated carbocycles. The molecule has 1 unspecified atom stereocenters. The standard InChI is InChI=1S/C18H17ClFNO2S/c19-13-2-7-16-12(10-13)11-17(23-16)18(22)21-8-1-9-24-15-5-3-14(20)4-6-15/h2-7,10,17H,1,8-9,11H2,(H,21,22). The van der Waals surface area contributed by atoms with E-state index in [9.17, 15) is 9.18 Å². The first-order valence-electron chi connectivity index (χ1n) is 7.73. The Bertz CT molecular complexity index is 723. The topological polar surface area (TPSA) is 38.3 Å². The molecule has 1 aliphatic rings. The predicted molar refractivity (Wildman–Crippen MR) is 94.3 cm³/mol. The van der Waals surface area contributed by atoms with Crippen molar-refractivity contribution in [2.45, 2.75) is 23.8 Å². The highest BCUT2D eigenvalue weighted by Gasteiger charge is 2.28. The van der Waals surface area contributed by atoms with E-state index in [1.165, 1.54) is 12.1 Å². The van der Waals surface area contributed by atoms with Crippen LogP contribution in [0, 0.1) is 5.82 Å². The van der Waals surface area contributed by atoms with Gasteiger partial charge in [-0.3, -0.25) is 4.79 Å². The number of fused-ring (bicyclic) bond motifs is 1. The van der Waals surface area contributed by atoms with Crippen molar-refractivity contribution in [3.8, 4) is 5.75 Å². The number of hydrogen-bond donors (Lipinski definition) is 1. The van der Waals surface area contributed by atoms with Crippen LogP contribution in [0.25, 0.3) is 0 Å². The lowest BCUT2D eigenvalue weighted by Gasteiger charge is -2.11. The second kappa shape index (κ2) is 7.90. The molecule has 1 amide bonds. The quantitative estimate of drug-likeness (QED) is 0.619. The second-order valence-electron chi connectivity index (χ2n) is 5.51. The smallest absolute Gasteiger partial charge is 0.261 e. The van der Waals surface area contributed by atoms with Crippen LogP contribution in [0.4, 0.5) is 4.39 Å². The molecular formula is C18H17ClFNO2S. The zero-order valence-corrected chi connectivity index (χ0v) is 14.5. The number of benzene rings is 2. The van der Waals surface area contributed by atoms with Crippen molar-refractivity contribution in [1.82, 2.24) is 5.32 Å². The maximum Gasteiger partial charge on any atom is 0.261 e. The van der Waals surface area contributed by atoms with Crippen molar-refractivity contribution >= 4 is 29.3 Å². The highest BCUT2D eigenvalue weighted by atomic mass is 35.5. The summed E-state index contributed by atoms with van der Waals surface area (Å²) in [6.45, 7) is 0.587. The van der Waals surface area contributed by atoms with Gasteiger partial charge in [0.05, 0.1) is 0 Å². The van der Waals surface area contributed by atoms with Gasteiger partial charge in [-0.05, 0) is 60.2 Å². The molecule has 24 heavy (non-hydrogen) atoms. The summed E-state index contributed by atoms with van der Waals surface area (Å²) in [4.78, 5) is 13.2. The van der Waals surface area contributed by atoms with Crippen LogP contribution in [0.3, 0.4) is 0 Å². The largest absolute Gasteiger partial charge is 0.480 e. The van der Waals surface area contributed by atoms with E-state index in [2.05, 4.69) is 5.32 Å². The van der Waals surface area contributed by atoms with Gasteiger partial charge in [-0.15, -0.1) is 11.8 Å². The molecule has 3 rings (SSSR count). The van der Waals surface area contributed by atoms with Crippen molar-refractivity contribution < 1.29 is 13.9 Å². The van der Waals surface area contributed by atoms with Gasteiger partial charge in [-0.2, -0.15) is 0 Å². The molecule has 1 heterocycles. The van der Waals surface area contributed by atoms with E-state index in [0.29, 0.717) is 18.0 Å². The molecule has 0 bridgehead atoms. The Kier molecular flexibility index (Phi) is 5.63. The highest BCUT2D eigenvalue weighted by Crippen LogP contribution is 2.31. The minimum atomic E-state index is -0.483. The first-order valence-corrected chi connectivity index (χ1v) is 9.09. The number of carbonyl (C=O) groups is 1. The predicted octanol–water partition coefficient (Wildman–Crippen LogP) is 4.08. The summed E-state index contributed by atoms with van der Waals surface area (Å²) in [6, 6.07) is 11.8. The van der Waals surface area contributed by atoms with Gasteiger partial charge < -0.3 is 10.1 Å². The van der Waals surface area contributed by atoms with Crippen LogP contribution in [0.2, 0.25) is 5.02 Å². The normalized spacial score (nSPS) is 15.7. The third kappa shape index (κ3) is 4.42. The third-order valence-corrected chi connectivity index (χ3v) is 5.03. The Balaban J connectivity index is 1.37. The zero-order chi connectivity index (χ0) is 16.9. The maximum absolute atomic E-state index is 12.8. The summed E-state index contributed by atoms with van der Waals surface area (Å²) in [6.07, 6.45) is 0.897. The molecule has 6 heteroatoms. The fourth-order valence-electron chi connectivity index (χ4n) is 2.48. The molecule has 3 nitrogen and oxygen atoms in total. The van der Waals surface area contributed by atoms with Gasteiger partial charge in [-0.1, -0.05) is 11.6 Å². The van der Waals surface area contributed by atoms with E-state index in [4.69, 9.17) is 16.3 Å². The van der Waals surface area contributed by atoms with E-state index in [1.54, 1.807) is 36.0 Å². The monoisotopic (exact) mass is 365 g/mol. The van der Waals surface area contributed by atoms with Crippen LogP contribution in [0.15, 0.2) is 47.4 Å². The number of rotatable bonds is 6. The van der Waals surface area contributed by atoms with Crippen molar-refractivity contribution in [3.05, 3.63) is 58.9 Å². The van der Waals surface area contributed by atoms with Gasteiger partial charge in [0.15, 0.2) is 6.10 Å². The van der Waals surface area contributed by atoms with Gasteiger partial charge in [0.2, 0.25) is 0 Å². The number of amides is 1. The van der Waals surface area contributed by atoms with E-state index < -0.39 is 6.10 Å². The van der Waals surface area contributed by atoms with Crippen LogP contribution >= 0.6 is 23.4 Å². The summed E-state index contributed by atoms with van der Waals surface area (Å²) in [5, 5.41) is 3.55. The summed E-state index contributed by atoms with van der Waals surface area (Å²) < 4.78 is 18.5. The number of halogens is 2. The molecule has 1 N–H and O–H groups in total. The van der Waals surface area contributed by atoms with Crippen LogP contribution in [0.5, 0.6) is 5.75 Å². The molecule has 1 aliphatic heterocycles. The molecule has 0 radical (unpaired) electrons. The van der Waals surface area contributed by atoms with Crippen LogP contribution in [-0.4, -0.2) is 24.3 Å². The number of hydrogen-bond acceptors (Lipinski definition) is 3. The molecule has 2 aromatic rings. The number of nitrogens with one attached hydrogen (secondary N) is 1. The summed E-state index contributed by atoms with van der Waals surface area (Å²) in [5.41, 5.74) is 0.967. The van der Waals surface area contributed by atoms with Gasteiger partial charge in [-0.25, -0.2) is 4.39 Å². The summed E-state index contributed by atoms with van der Waals surface area (Å²) in [5.74, 6) is 1.25. The van der Waals surface area contributed by atoms with Crippen molar-refractivity contribution in [1.29, 1.82) is 0 Å². The van der Waals surface area contributed by atoms with Crippen molar-refractivity contribution in [2.75, 3.05) is 12.3 Å². The number of thioether (sulfide) groups is 1. The Hall–Kier alpha value is -1.72. The molecule has 0 aliphatic carbocycles. The minimum Gasteiger partial charge on any atom is -0.480 e. The minimum absolute atomic E-state index is 0.103. The lowest BCUT2D eigenvalue weighted by Crippen LogP contribution is -2.38. The lowest BCUT2D eigenvalue weighted by molar-refractivity contribution is -0.127. The third-order valence-electron chi connectivity index (χ3n) is 3.69. The molecule has 0 fully saturated rings. The van der Waals surface area contributed by atoms with Gasteiger partial charge >= 0.3 is 0 Å². The average molecular weight is 366 g/mol. The Morgan fingerprint density at radius 2 is 2.08 bits per heavy atom. The molecule has 126 valence electrons. The molecular weight excluding hydrogens is 349 g/mol. The molecule has 0 spiro atoms. The van der Waals surface area contributed by atoms with Crippen LogP contribution in [0.1, 0.15) is 12.0 Å². The first kappa shape index (κ1) is 17.1. The van der Waals surface area contributed by atoms with Crippen molar-refractivity contribution in [3.63, 3.8) is 0 Å². The second-order valence-corrected chi connectivity index (χ2v) is 7.11. The zero-order valence-electron chi connectivity index (χ0n) is 12.9. The van der Waals surface area contributed by atoms with Crippen LogP contribution in [-0.2, 0) is 11.2 Å². The average Bonchev–Trinajstić information content (AvgIpc) is 2.99. The molecule has 1 atom stereocenters. The molecule has 2 aromatic carbocycles. The molecule has 0 aromatic heterocycles. The number of carbonyl (C=O) groups excluding carboxylic acids is 1. The van der Waals surface area contributed by atoms with E-state index >= 15 is 0 Å². The fraction of sp³-hybridized carbons (Fsp3) is 0.278. The SMILES string of the molecule is O=C(NCCCSc1ccc(F)cc1)C1Cc2cc(Cl)ccc2O1. The van der Waals surface area contributed by atoms with E-state index in [1.807, 2.05) is 6.07 Å². The van der Waals surface area contributed by atoms with Gasteiger partial charge in [0, 0.05) is 22.9 Å². The maximum atomic E-state index is 12.8. The Morgan fingerprint density at radius 1 is 1.29 bits per heavy atom. The summed E-state index contributed by atoms with van der Waals surface area (Å²) in [7, 11) is 0. The molecule has 0 saturated heterocycles. The van der Waals surface area contributed by atoms with Gasteiger partial charge in [0.25, 0.3) is 5.91 Å². The van der Waals surface area contributed by atoms with E-state index in [0.717, 1.165) is 28.4 Å². The lowest BCUT2D eigenvalue weighted by atomic mass is 10.1. The fourth-order valence-corrected chi connectivity index (χ4v) is 3.53. The first-order chi connectivity index (χ1) is 11.6. The number of ether oxygens (including phenoxy) is 1. The summed E-state index contributed by atoms with van der Waals surface area (Å²) >= 11 is 7.59. The van der Waals surface area contributed by atoms with Gasteiger partial charge in [0.1, 0.15) is 11.6 Å². The van der Waals surface area contributed by atoms with Crippen LogP contribution < -0.4 is 10.1 Å².